The van der Waals surface area contributed by atoms with Gasteiger partial charge < -0.3 is 5.73 Å². The highest BCUT2D eigenvalue weighted by molar-refractivity contribution is 6.30. The van der Waals surface area contributed by atoms with Crippen LogP contribution in [0.1, 0.15) is 37.4 Å². The lowest BCUT2D eigenvalue weighted by molar-refractivity contribution is 0.0156. The quantitative estimate of drug-likeness (QED) is 0.863. The van der Waals surface area contributed by atoms with Gasteiger partial charge in [0.05, 0.1) is 11.4 Å². The number of halogens is 1. The number of nitrogen functional groups attached to an aromatic ring is 1. The number of rotatable bonds is 1. The van der Waals surface area contributed by atoms with Crippen molar-refractivity contribution in [2.24, 2.45) is 11.3 Å². The van der Waals surface area contributed by atoms with E-state index in [4.69, 9.17) is 17.3 Å². The van der Waals surface area contributed by atoms with Gasteiger partial charge in [0.25, 0.3) is 0 Å². The highest BCUT2D eigenvalue weighted by atomic mass is 35.5. The molecule has 5 rings (SSSR count). The van der Waals surface area contributed by atoms with Crippen molar-refractivity contribution in [3.05, 3.63) is 40.5 Å². The Morgan fingerprint density at radius 2 is 1.90 bits per heavy atom. The van der Waals surface area contributed by atoms with E-state index in [1.54, 1.807) is 0 Å². The van der Waals surface area contributed by atoms with Crippen molar-refractivity contribution in [3.63, 3.8) is 0 Å². The predicted octanol–water partition coefficient (Wildman–Crippen LogP) is 4.07. The summed E-state index contributed by atoms with van der Waals surface area (Å²) in [4.78, 5) is 9.09. The van der Waals surface area contributed by atoms with Crippen LogP contribution in [-0.2, 0) is 6.42 Å². The summed E-state index contributed by atoms with van der Waals surface area (Å²) < 4.78 is 0. The topological polar surface area (TPSA) is 51.8 Å². The van der Waals surface area contributed by atoms with Crippen molar-refractivity contribution < 1.29 is 0 Å². The first-order chi connectivity index (χ1) is 9.96. The number of nitrogens with two attached hydrogens (primary N) is 1. The fraction of sp³-hybridized carbons (Fsp3) is 0.412. The molecule has 21 heavy (non-hydrogen) atoms. The molecule has 1 fully saturated rings. The minimum Gasteiger partial charge on any atom is -0.368 e. The smallest absolute Gasteiger partial charge is 0.220 e. The molecule has 2 atom stereocenters. The fourth-order valence-electron chi connectivity index (χ4n) is 3.93. The molecule has 108 valence electrons. The first-order valence-corrected chi connectivity index (χ1v) is 7.77. The average Bonchev–Trinajstić information content (AvgIpc) is 2.46. The minimum absolute atomic E-state index is 0.338. The van der Waals surface area contributed by atoms with Crippen LogP contribution in [-0.4, -0.2) is 9.97 Å². The van der Waals surface area contributed by atoms with Crippen molar-refractivity contribution in [1.82, 2.24) is 9.97 Å². The molecular weight excluding hydrogens is 282 g/mol. The molecule has 0 radical (unpaired) electrons. The summed E-state index contributed by atoms with van der Waals surface area (Å²) in [6.45, 7) is 4.68. The van der Waals surface area contributed by atoms with E-state index in [0.29, 0.717) is 17.3 Å². The second kappa shape index (κ2) is 4.20. The van der Waals surface area contributed by atoms with E-state index in [1.165, 1.54) is 17.7 Å². The maximum Gasteiger partial charge on any atom is 0.220 e. The largest absolute Gasteiger partial charge is 0.368 e. The van der Waals surface area contributed by atoms with Crippen LogP contribution >= 0.6 is 11.6 Å². The van der Waals surface area contributed by atoms with Crippen LogP contribution in [0.2, 0.25) is 5.02 Å². The molecule has 1 heterocycles. The number of aromatic nitrogens is 2. The summed E-state index contributed by atoms with van der Waals surface area (Å²) in [6, 6.07) is 7.82. The SMILES string of the molecule is CC1(C)C2Cc3c(-c4ccc(Cl)cc4)nc(N)nc3C1C2. The van der Waals surface area contributed by atoms with Gasteiger partial charge in [0.15, 0.2) is 0 Å². The maximum absolute atomic E-state index is 5.98. The number of hydrogen-bond acceptors (Lipinski definition) is 3. The summed E-state index contributed by atoms with van der Waals surface area (Å²) in [5.41, 5.74) is 10.8. The van der Waals surface area contributed by atoms with Crippen molar-refractivity contribution in [2.75, 3.05) is 5.73 Å². The van der Waals surface area contributed by atoms with Crippen molar-refractivity contribution in [2.45, 2.75) is 32.6 Å². The predicted molar refractivity (Wildman–Crippen MR) is 85.2 cm³/mol. The lowest BCUT2D eigenvalue weighted by Gasteiger charge is -2.56. The number of benzene rings is 1. The van der Waals surface area contributed by atoms with Gasteiger partial charge in [-0.1, -0.05) is 37.6 Å². The number of nitrogens with zero attached hydrogens (tertiary/aromatic N) is 2. The van der Waals surface area contributed by atoms with E-state index < -0.39 is 0 Å². The van der Waals surface area contributed by atoms with Gasteiger partial charge in [0, 0.05) is 22.1 Å². The van der Waals surface area contributed by atoms with E-state index >= 15 is 0 Å². The molecule has 0 amide bonds. The molecule has 3 aliphatic carbocycles. The van der Waals surface area contributed by atoms with Crippen LogP contribution in [0.3, 0.4) is 0 Å². The molecule has 2 N–H and O–H groups in total. The monoisotopic (exact) mass is 299 g/mol. The van der Waals surface area contributed by atoms with E-state index in [0.717, 1.165) is 28.6 Å². The van der Waals surface area contributed by atoms with Crippen LogP contribution in [0.5, 0.6) is 0 Å². The molecule has 3 aliphatic rings. The highest BCUT2D eigenvalue weighted by Crippen LogP contribution is 2.62. The summed E-state index contributed by atoms with van der Waals surface area (Å²) in [6.07, 6.45) is 2.29. The molecule has 0 saturated heterocycles. The van der Waals surface area contributed by atoms with Crippen LogP contribution in [0.4, 0.5) is 5.95 Å². The Balaban J connectivity index is 1.89. The lowest BCUT2D eigenvalue weighted by atomic mass is 9.48. The number of hydrogen-bond donors (Lipinski definition) is 1. The van der Waals surface area contributed by atoms with Gasteiger partial charge in [-0.05, 0) is 36.3 Å². The Bertz CT molecular complexity index is 722. The van der Waals surface area contributed by atoms with Crippen molar-refractivity contribution in [3.8, 4) is 11.3 Å². The average molecular weight is 300 g/mol. The van der Waals surface area contributed by atoms with Gasteiger partial charge in [-0.3, -0.25) is 0 Å². The molecule has 2 aromatic rings. The minimum atomic E-state index is 0.338. The van der Waals surface area contributed by atoms with E-state index in [9.17, 15) is 0 Å². The zero-order chi connectivity index (χ0) is 14.8. The van der Waals surface area contributed by atoms with Gasteiger partial charge in [0.1, 0.15) is 0 Å². The molecule has 4 heteroatoms. The standard InChI is InChI=1S/C17H18ClN3/c1-17(2)10-7-12-14(9-3-5-11(18)6-4-9)20-16(19)21-15(12)13(17)8-10/h3-6,10,13H,7-8H2,1-2H3,(H2,19,20,21). The molecule has 0 spiro atoms. The Kier molecular flexibility index (Phi) is 2.62. The summed E-state index contributed by atoms with van der Waals surface area (Å²) >= 11 is 5.98. The normalized spacial score (nSPS) is 25.1. The van der Waals surface area contributed by atoms with Gasteiger partial charge in [-0.2, -0.15) is 0 Å². The van der Waals surface area contributed by atoms with Crippen LogP contribution in [0.25, 0.3) is 11.3 Å². The Labute approximate surface area is 129 Å². The van der Waals surface area contributed by atoms with E-state index in [2.05, 4.69) is 23.8 Å². The third kappa shape index (κ3) is 1.80. The molecule has 0 aliphatic heterocycles. The van der Waals surface area contributed by atoms with E-state index in [-0.39, 0.29) is 0 Å². The second-order valence-corrected chi connectivity index (χ2v) is 7.25. The maximum atomic E-state index is 5.98. The molecular formula is C17H18ClN3. The van der Waals surface area contributed by atoms with Crippen LogP contribution in [0, 0.1) is 11.3 Å². The lowest BCUT2D eigenvalue weighted by Crippen LogP contribution is -2.48. The van der Waals surface area contributed by atoms with Gasteiger partial charge in [-0.15, -0.1) is 0 Å². The third-order valence-corrected chi connectivity index (χ3v) is 5.68. The third-order valence-electron chi connectivity index (χ3n) is 5.43. The van der Waals surface area contributed by atoms with Gasteiger partial charge in [0.2, 0.25) is 5.95 Å². The fourth-order valence-corrected chi connectivity index (χ4v) is 4.05. The second-order valence-electron chi connectivity index (χ2n) is 6.81. The van der Waals surface area contributed by atoms with Crippen LogP contribution < -0.4 is 5.73 Å². The van der Waals surface area contributed by atoms with E-state index in [1.807, 2.05) is 24.3 Å². The first-order valence-electron chi connectivity index (χ1n) is 7.39. The molecule has 3 nitrogen and oxygen atoms in total. The Morgan fingerprint density at radius 1 is 1.19 bits per heavy atom. The zero-order valence-corrected chi connectivity index (χ0v) is 13.0. The molecule has 1 saturated carbocycles. The summed E-state index contributed by atoms with van der Waals surface area (Å²) in [5, 5.41) is 0.735. The first kappa shape index (κ1) is 13.1. The summed E-state index contributed by atoms with van der Waals surface area (Å²) in [5.74, 6) is 1.62. The zero-order valence-electron chi connectivity index (χ0n) is 12.2. The van der Waals surface area contributed by atoms with Crippen molar-refractivity contribution >= 4 is 17.5 Å². The molecule has 2 bridgehead atoms. The summed E-state index contributed by atoms with van der Waals surface area (Å²) in [7, 11) is 0. The molecule has 1 aromatic carbocycles. The number of anilines is 1. The van der Waals surface area contributed by atoms with Crippen LogP contribution in [0.15, 0.2) is 24.3 Å². The molecule has 2 unspecified atom stereocenters. The van der Waals surface area contributed by atoms with Gasteiger partial charge in [-0.25, -0.2) is 9.97 Å². The Morgan fingerprint density at radius 3 is 2.57 bits per heavy atom. The van der Waals surface area contributed by atoms with Gasteiger partial charge >= 0.3 is 0 Å². The van der Waals surface area contributed by atoms with Crippen molar-refractivity contribution in [1.29, 1.82) is 0 Å². The molecule has 1 aromatic heterocycles. The highest BCUT2D eigenvalue weighted by Gasteiger charge is 2.54. The Hall–Kier alpha value is -1.61.